The fraction of sp³-hybridized carbons (Fsp3) is 0.125. The van der Waals surface area contributed by atoms with E-state index in [1.54, 1.807) is 0 Å². The van der Waals surface area contributed by atoms with Crippen LogP contribution in [0.5, 0.6) is 0 Å². The maximum absolute atomic E-state index is 4.96. The summed E-state index contributed by atoms with van der Waals surface area (Å²) in [7, 11) is 0. The summed E-state index contributed by atoms with van der Waals surface area (Å²) < 4.78 is 6.65. The van der Waals surface area contributed by atoms with Gasteiger partial charge < -0.3 is 13.4 Å². The lowest BCUT2D eigenvalue weighted by atomic mass is 9.95. The largest absolute Gasteiger partial charge is 0.313 e. The summed E-state index contributed by atoms with van der Waals surface area (Å²) in [4.78, 5) is 9.92. The van der Waals surface area contributed by atoms with Crippen molar-refractivity contribution in [2.75, 3.05) is 0 Å². The normalized spacial score (nSPS) is 13.5. The Morgan fingerprint density at radius 2 is 1.24 bits per heavy atom. The smallest absolute Gasteiger partial charge is 0.137 e. The molecule has 5 nitrogen and oxygen atoms in total. The zero-order chi connectivity index (χ0) is 24.3. The molecular weight excluding hydrogens is 454 g/mol. The molecule has 1 aliphatic carbocycles. The number of benzene rings is 2. The van der Waals surface area contributed by atoms with E-state index in [9.17, 15) is 0 Å². The monoisotopic (exact) mass is 479 g/mol. The van der Waals surface area contributed by atoms with Gasteiger partial charge in [0, 0.05) is 52.7 Å². The second-order valence-electron chi connectivity index (χ2n) is 9.94. The highest BCUT2D eigenvalue weighted by atomic mass is 15.0. The van der Waals surface area contributed by atoms with E-state index in [1.165, 1.54) is 40.7 Å². The number of para-hydroxylation sites is 1. The molecule has 37 heavy (non-hydrogen) atoms. The minimum atomic E-state index is 0.945. The summed E-state index contributed by atoms with van der Waals surface area (Å²) in [6.07, 6.45) is 13.1. The molecule has 0 spiro atoms. The fourth-order valence-corrected chi connectivity index (χ4v) is 5.97. The first-order chi connectivity index (χ1) is 18.3. The summed E-state index contributed by atoms with van der Waals surface area (Å²) in [5, 5.41) is 1.38. The van der Waals surface area contributed by atoms with Crippen molar-refractivity contribution in [2.45, 2.75) is 25.7 Å². The molecule has 5 heterocycles. The molecule has 2 aromatic carbocycles. The molecule has 0 saturated heterocycles. The zero-order valence-electron chi connectivity index (χ0n) is 20.4. The van der Waals surface area contributed by atoms with E-state index in [4.69, 9.17) is 9.97 Å². The second-order valence-corrected chi connectivity index (χ2v) is 9.94. The van der Waals surface area contributed by atoms with Gasteiger partial charge in [0.25, 0.3) is 0 Å². The van der Waals surface area contributed by atoms with Crippen LogP contribution in [0.3, 0.4) is 0 Å². The number of pyridine rings is 2. The first kappa shape index (κ1) is 20.5. The van der Waals surface area contributed by atoms with Crippen molar-refractivity contribution < 1.29 is 0 Å². The molecule has 0 N–H and O–H groups in total. The number of aryl methyl sites for hydroxylation is 1. The van der Waals surface area contributed by atoms with Gasteiger partial charge in [-0.05, 0) is 79.8 Å². The average Bonchev–Trinajstić information content (AvgIpc) is 3.66. The average molecular weight is 480 g/mol. The van der Waals surface area contributed by atoms with Gasteiger partial charge in [0.05, 0.1) is 16.9 Å². The Kier molecular flexibility index (Phi) is 4.40. The zero-order valence-corrected chi connectivity index (χ0v) is 20.4. The van der Waals surface area contributed by atoms with Crippen LogP contribution in [0.4, 0.5) is 0 Å². The molecule has 0 fully saturated rings. The molecule has 1 aliphatic rings. The first-order valence-electron chi connectivity index (χ1n) is 13.0. The van der Waals surface area contributed by atoms with E-state index >= 15 is 0 Å². The van der Waals surface area contributed by atoms with Crippen LogP contribution in [0.15, 0.2) is 104 Å². The Morgan fingerprint density at radius 1 is 0.622 bits per heavy atom. The van der Waals surface area contributed by atoms with Crippen LogP contribution in [0, 0.1) is 0 Å². The van der Waals surface area contributed by atoms with E-state index in [-0.39, 0.29) is 0 Å². The van der Waals surface area contributed by atoms with E-state index in [0.29, 0.717) is 0 Å². The van der Waals surface area contributed by atoms with Gasteiger partial charge >= 0.3 is 0 Å². The number of rotatable bonds is 3. The topological polar surface area (TPSA) is 39.5 Å². The van der Waals surface area contributed by atoms with E-state index in [2.05, 4.69) is 80.6 Å². The quantitative estimate of drug-likeness (QED) is 0.270. The summed E-state index contributed by atoms with van der Waals surface area (Å²) in [5.74, 6) is 0. The predicted octanol–water partition coefficient (Wildman–Crippen LogP) is 7.14. The Labute approximate surface area is 214 Å². The SMILES string of the molecule is c1ccc2c(c1)c1c(n2-c2cc(-c3cn4ccccc4n3)cc(-c3cn4ccccc4n3)c2)CCCC1. The van der Waals surface area contributed by atoms with Crippen molar-refractivity contribution in [3.05, 3.63) is 115 Å². The van der Waals surface area contributed by atoms with Crippen LogP contribution < -0.4 is 0 Å². The maximum Gasteiger partial charge on any atom is 0.137 e. The molecule has 0 aliphatic heterocycles. The molecule has 0 amide bonds. The molecule has 7 aromatic rings. The second kappa shape index (κ2) is 7.93. The molecule has 5 aromatic heterocycles. The Bertz CT molecular complexity index is 1790. The minimum absolute atomic E-state index is 0.945. The molecule has 0 radical (unpaired) electrons. The maximum atomic E-state index is 4.96. The van der Waals surface area contributed by atoms with Crippen molar-refractivity contribution in [3.63, 3.8) is 0 Å². The van der Waals surface area contributed by atoms with Crippen LogP contribution >= 0.6 is 0 Å². The third-order valence-electron chi connectivity index (χ3n) is 7.67. The van der Waals surface area contributed by atoms with Gasteiger partial charge in [0.1, 0.15) is 11.3 Å². The molecular formula is C32H25N5. The highest BCUT2D eigenvalue weighted by Crippen LogP contribution is 2.37. The fourth-order valence-electron chi connectivity index (χ4n) is 5.97. The summed E-state index contributed by atoms with van der Waals surface area (Å²) in [6.45, 7) is 0. The molecule has 5 heteroatoms. The van der Waals surface area contributed by atoms with Crippen molar-refractivity contribution >= 4 is 22.2 Å². The van der Waals surface area contributed by atoms with Crippen LogP contribution in [0.25, 0.3) is 50.4 Å². The van der Waals surface area contributed by atoms with Crippen LogP contribution in [0.1, 0.15) is 24.1 Å². The van der Waals surface area contributed by atoms with Gasteiger partial charge in [-0.1, -0.05) is 30.3 Å². The standard InChI is InChI=1S/C32H25N5/c1-3-11-29-25(9-1)26-10-2-4-12-30(26)37(29)24-18-22(27-20-35-15-7-5-13-31(35)33-27)17-23(19-24)28-21-36-16-8-6-14-32(36)34-28/h1,3,5-9,11,13-21H,2,4,10,12H2. The van der Waals surface area contributed by atoms with Gasteiger partial charge in [-0.2, -0.15) is 0 Å². The van der Waals surface area contributed by atoms with E-state index in [1.807, 2.05) is 36.4 Å². The van der Waals surface area contributed by atoms with Crippen molar-refractivity contribution in [1.82, 2.24) is 23.3 Å². The summed E-state index contributed by atoms with van der Waals surface area (Å²) in [6, 6.07) is 27.9. The number of aromatic nitrogens is 5. The molecule has 0 bridgehead atoms. The molecule has 0 saturated carbocycles. The first-order valence-corrected chi connectivity index (χ1v) is 13.0. The number of hydrogen-bond donors (Lipinski definition) is 0. The third-order valence-corrected chi connectivity index (χ3v) is 7.67. The number of imidazole rings is 2. The summed E-state index contributed by atoms with van der Waals surface area (Å²) >= 11 is 0. The number of nitrogens with zero attached hydrogens (tertiary/aromatic N) is 5. The number of fused-ring (bicyclic) bond motifs is 5. The summed E-state index contributed by atoms with van der Waals surface area (Å²) in [5.41, 5.74) is 11.4. The lowest BCUT2D eigenvalue weighted by Gasteiger charge is -2.17. The van der Waals surface area contributed by atoms with Crippen molar-refractivity contribution in [2.24, 2.45) is 0 Å². The number of hydrogen-bond acceptors (Lipinski definition) is 2. The Balaban J connectivity index is 1.41. The lowest BCUT2D eigenvalue weighted by molar-refractivity contribution is 0.667. The van der Waals surface area contributed by atoms with Crippen LogP contribution in [-0.4, -0.2) is 23.3 Å². The third kappa shape index (κ3) is 3.24. The van der Waals surface area contributed by atoms with Crippen LogP contribution in [-0.2, 0) is 12.8 Å². The van der Waals surface area contributed by atoms with Gasteiger partial charge in [-0.25, -0.2) is 9.97 Å². The van der Waals surface area contributed by atoms with E-state index in [0.717, 1.165) is 46.7 Å². The van der Waals surface area contributed by atoms with Gasteiger partial charge in [-0.3, -0.25) is 0 Å². The van der Waals surface area contributed by atoms with Gasteiger partial charge in [0.15, 0.2) is 0 Å². The van der Waals surface area contributed by atoms with Gasteiger partial charge in [-0.15, -0.1) is 0 Å². The molecule has 0 unspecified atom stereocenters. The highest BCUT2D eigenvalue weighted by Gasteiger charge is 2.22. The van der Waals surface area contributed by atoms with Crippen molar-refractivity contribution in [3.8, 4) is 28.2 Å². The van der Waals surface area contributed by atoms with Crippen LogP contribution in [0.2, 0.25) is 0 Å². The highest BCUT2D eigenvalue weighted by molar-refractivity contribution is 5.88. The Morgan fingerprint density at radius 3 is 1.92 bits per heavy atom. The molecule has 178 valence electrons. The van der Waals surface area contributed by atoms with Crippen molar-refractivity contribution in [1.29, 1.82) is 0 Å². The van der Waals surface area contributed by atoms with E-state index < -0.39 is 0 Å². The molecule has 8 rings (SSSR count). The predicted molar refractivity (Wildman–Crippen MR) is 148 cm³/mol. The minimum Gasteiger partial charge on any atom is -0.313 e. The Hall–Kier alpha value is -4.64. The lowest BCUT2D eigenvalue weighted by Crippen LogP contribution is -2.07. The van der Waals surface area contributed by atoms with Gasteiger partial charge in [0.2, 0.25) is 0 Å². The molecule has 0 atom stereocenters.